The lowest BCUT2D eigenvalue weighted by atomic mass is 9.91. The Labute approximate surface area is 150 Å². The van der Waals surface area contributed by atoms with Gasteiger partial charge in [-0.05, 0) is 43.0 Å². The van der Waals surface area contributed by atoms with Gasteiger partial charge in [0.25, 0.3) is 12.3 Å². The highest BCUT2D eigenvalue weighted by Crippen LogP contribution is 2.31. The molecule has 0 fully saturated rings. The highest BCUT2D eigenvalue weighted by Gasteiger charge is 2.24. The number of halogens is 2. The number of rotatable bonds is 3. The number of carbonyl (C=O) groups is 1. The van der Waals surface area contributed by atoms with Crippen molar-refractivity contribution in [2.24, 2.45) is 7.05 Å². The molecule has 1 aliphatic rings. The number of hydrogen-bond acceptors (Lipinski definition) is 2. The minimum Gasteiger partial charge on any atom is -0.322 e. The third-order valence-electron chi connectivity index (χ3n) is 4.01. The third kappa shape index (κ3) is 3.51. The first-order valence-electron chi connectivity index (χ1n) is 8.22. The van der Waals surface area contributed by atoms with Crippen molar-refractivity contribution in [2.75, 3.05) is 5.32 Å². The number of anilines is 1. The van der Waals surface area contributed by atoms with Crippen LogP contribution in [0.2, 0.25) is 0 Å². The number of fused-ring (bicyclic) bond motifs is 1. The maximum atomic E-state index is 13.1. The Morgan fingerprint density at radius 1 is 1.35 bits per heavy atom. The van der Waals surface area contributed by atoms with E-state index in [0.717, 1.165) is 22.3 Å². The van der Waals surface area contributed by atoms with Gasteiger partial charge < -0.3 is 5.32 Å². The van der Waals surface area contributed by atoms with Crippen molar-refractivity contribution in [2.45, 2.75) is 26.7 Å². The van der Waals surface area contributed by atoms with E-state index < -0.39 is 18.0 Å². The van der Waals surface area contributed by atoms with Gasteiger partial charge in [0.2, 0.25) is 0 Å². The molecule has 1 heterocycles. The van der Waals surface area contributed by atoms with E-state index >= 15 is 0 Å². The summed E-state index contributed by atoms with van der Waals surface area (Å²) in [5.41, 5.74) is 7.18. The highest BCUT2D eigenvalue weighted by molar-refractivity contribution is 6.05. The van der Waals surface area contributed by atoms with Crippen LogP contribution < -0.4 is 5.32 Å². The van der Waals surface area contributed by atoms with Gasteiger partial charge in [0.15, 0.2) is 0 Å². The number of allylic oxidation sites excluding steroid dienone is 3. The normalized spacial score (nSPS) is 12.8. The highest BCUT2D eigenvalue weighted by atomic mass is 19.3. The molecular weight excluding hydrogens is 336 g/mol. The molecule has 2 aromatic rings. The maximum absolute atomic E-state index is 13.1. The van der Waals surface area contributed by atoms with Gasteiger partial charge in [-0.2, -0.15) is 5.10 Å². The van der Waals surface area contributed by atoms with E-state index in [-0.39, 0.29) is 5.56 Å². The van der Waals surface area contributed by atoms with Crippen molar-refractivity contribution >= 4 is 17.2 Å². The van der Waals surface area contributed by atoms with Crippen LogP contribution in [0.25, 0.3) is 5.57 Å². The average molecular weight is 355 g/mol. The minimum absolute atomic E-state index is 0.119. The molecule has 4 nitrogen and oxygen atoms in total. The van der Waals surface area contributed by atoms with E-state index in [1.165, 1.54) is 17.9 Å². The van der Waals surface area contributed by atoms with E-state index in [2.05, 4.69) is 16.1 Å². The number of aromatic nitrogens is 2. The van der Waals surface area contributed by atoms with Gasteiger partial charge in [-0.25, -0.2) is 8.78 Å². The Morgan fingerprint density at radius 2 is 2.12 bits per heavy atom. The lowest BCUT2D eigenvalue weighted by Gasteiger charge is -2.17. The molecule has 0 radical (unpaired) electrons. The summed E-state index contributed by atoms with van der Waals surface area (Å²) in [7, 11) is 1.51. The Bertz CT molecular complexity index is 959. The average Bonchev–Trinajstić information content (AvgIpc) is 2.97. The zero-order valence-corrected chi connectivity index (χ0v) is 14.8. The van der Waals surface area contributed by atoms with Crippen LogP contribution in [0, 0.1) is 0 Å². The summed E-state index contributed by atoms with van der Waals surface area (Å²) in [6, 6.07) is 5.57. The monoisotopic (exact) mass is 355 g/mol. The fourth-order valence-electron chi connectivity index (χ4n) is 2.97. The van der Waals surface area contributed by atoms with Crippen molar-refractivity contribution in [3.63, 3.8) is 0 Å². The quantitative estimate of drug-likeness (QED) is 0.813. The third-order valence-corrected chi connectivity index (χ3v) is 4.01. The molecule has 6 heteroatoms. The topological polar surface area (TPSA) is 46.9 Å². The first kappa shape index (κ1) is 17.8. The van der Waals surface area contributed by atoms with Crippen molar-refractivity contribution in [1.29, 1.82) is 0 Å². The molecule has 0 atom stereocenters. The Morgan fingerprint density at radius 3 is 2.81 bits per heavy atom. The second kappa shape index (κ2) is 7.10. The lowest BCUT2D eigenvalue weighted by Crippen LogP contribution is -2.15. The first-order chi connectivity index (χ1) is 12.4. The van der Waals surface area contributed by atoms with E-state index in [1.54, 1.807) is 6.07 Å². The number of nitrogens with one attached hydrogen (secondary N) is 1. The van der Waals surface area contributed by atoms with Crippen LogP contribution in [-0.4, -0.2) is 15.7 Å². The second-order valence-electron chi connectivity index (χ2n) is 6.33. The summed E-state index contributed by atoms with van der Waals surface area (Å²) in [5.74, 6) is -0.593. The van der Waals surface area contributed by atoms with Crippen LogP contribution in [0.1, 0.15) is 47.5 Å². The molecule has 1 aliphatic carbocycles. The SMILES string of the molecule is CC(C)=C=C1C=CCc2c(NC(=O)c3cn(C)nc3C(F)F)cccc21. The van der Waals surface area contributed by atoms with Crippen LogP contribution in [0.5, 0.6) is 0 Å². The number of hydrogen-bond donors (Lipinski definition) is 1. The molecule has 3 rings (SSSR count). The standard InChI is InChI=1S/C20H19F2N3O/c1-12(2)10-13-6-4-8-15-14(13)7-5-9-17(15)23-20(26)16-11-25(3)24-18(16)19(21)22/h4-7,9,11,19H,8H2,1-3H3,(H,23,26). The predicted octanol–water partition coefficient (Wildman–Crippen LogP) is 4.67. The van der Waals surface area contributed by atoms with Crippen molar-refractivity contribution in [3.8, 4) is 0 Å². The van der Waals surface area contributed by atoms with Gasteiger partial charge in [-0.1, -0.05) is 24.3 Å². The molecule has 0 aliphatic heterocycles. The summed E-state index contributed by atoms with van der Waals surface area (Å²) in [4.78, 5) is 12.6. The van der Waals surface area contributed by atoms with Gasteiger partial charge in [0.05, 0.1) is 5.56 Å². The van der Waals surface area contributed by atoms with Crippen LogP contribution in [0.4, 0.5) is 14.5 Å². The molecule has 134 valence electrons. The molecule has 1 amide bonds. The number of amides is 1. The fraction of sp³-hybridized carbons (Fsp3) is 0.250. The number of aryl methyl sites for hydroxylation is 1. The summed E-state index contributed by atoms with van der Waals surface area (Å²) in [5, 5.41) is 6.44. The first-order valence-corrected chi connectivity index (χ1v) is 8.22. The van der Waals surface area contributed by atoms with E-state index in [0.29, 0.717) is 12.1 Å². The minimum atomic E-state index is -2.81. The maximum Gasteiger partial charge on any atom is 0.282 e. The van der Waals surface area contributed by atoms with Crippen LogP contribution >= 0.6 is 0 Å². The summed E-state index contributed by atoms with van der Waals surface area (Å²) in [6.45, 7) is 3.93. The molecule has 26 heavy (non-hydrogen) atoms. The molecule has 0 saturated heterocycles. The van der Waals surface area contributed by atoms with Crippen LogP contribution in [-0.2, 0) is 13.5 Å². The summed E-state index contributed by atoms with van der Waals surface area (Å²) in [6.07, 6.45) is 3.14. The predicted molar refractivity (Wildman–Crippen MR) is 97.2 cm³/mol. The Hall–Kier alpha value is -2.98. The lowest BCUT2D eigenvalue weighted by molar-refractivity contribution is 0.101. The summed E-state index contributed by atoms with van der Waals surface area (Å²) >= 11 is 0. The molecule has 0 saturated carbocycles. The molecule has 0 unspecified atom stereocenters. The molecule has 0 bridgehead atoms. The van der Waals surface area contributed by atoms with Gasteiger partial charge >= 0.3 is 0 Å². The zero-order valence-electron chi connectivity index (χ0n) is 14.8. The molecule has 1 aromatic carbocycles. The zero-order chi connectivity index (χ0) is 18.8. The molecular formula is C20H19F2N3O. The van der Waals surface area contributed by atoms with Gasteiger partial charge in [0, 0.05) is 24.5 Å². The van der Waals surface area contributed by atoms with Crippen LogP contribution in [0.15, 0.2) is 47.9 Å². The Balaban J connectivity index is 1.99. The van der Waals surface area contributed by atoms with E-state index in [9.17, 15) is 13.6 Å². The molecule has 1 N–H and O–H groups in total. The van der Waals surface area contributed by atoms with Gasteiger partial charge in [-0.3, -0.25) is 9.48 Å². The second-order valence-corrected chi connectivity index (χ2v) is 6.33. The molecule has 0 spiro atoms. The van der Waals surface area contributed by atoms with Crippen molar-refractivity contribution in [3.05, 3.63) is 70.2 Å². The fourth-order valence-corrected chi connectivity index (χ4v) is 2.97. The van der Waals surface area contributed by atoms with Gasteiger partial charge in [-0.15, -0.1) is 5.73 Å². The molecule has 1 aromatic heterocycles. The number of carbonyl (C=O) groups excluding carboxylic acids is 1. The number of alkyl halides is 2. The van der Waals surface area contributed by atoms with Crippen molar-refractivity contribution < 1.29 is 13.6 Å². The Kier molecular flexibility index (Phi) is 4.87. The number of benzene rings is 1. The van der Waals surface area contributed by atoms with E-state index in [4.69, 9.17) is 0 Å². The smallest absolute Gasteiger partial charge is 0.282 e. The number of nitrogens with zero attached hydrogens (tertiary/aromatic N) is 2. The van der Waals surface area contributed by atoms with Crippen LogP contribution in [0.3, 0.4) is 0 Å². The largest absolute Gasteiger partial charge is 0.322 e. The summed E-state index contributed by atoms with van der Waals surface area (Å²) < 4.78 is 27.4. The van der Waals surface area contributed by atoms with E-state index in [1.807, 2.05) is 38.1 Å². The van der Waals surface area contributed by atoms with Crippen molar-refractivity contribution in [1.82, 2.24) is 9.78 Å². The van der Waals surface area contributed by atoms with Gasteiger partial charge in [0.1, 0.15) is 5.69 Å².